The Kier molecular flexibility index (Phi) is 3.32. The van der Waals surface area contributed by atoms with Crippen molar-refractivity contribution < 1.29 is 28.7 Å². The maximum Gasteiger partial charge on any atom is 0.318 e. The maximum absolute atomic E-state index is 11.5. The normalized spacial score (nSPS) is 26.4. The number of quaternary nitrogens is 1. The van der Waals surface area contributed by atoms with Gasteiger partial charge in [0.1, 0.15) is 13.0 Å². The summed E-state index contributed by atoms with van der Waals surface area (Å²) in [5.41, 5.74) is 0. The number of aliphatic carboxylic acids is 1. The quantitative estimate of drug-likeness (QED) is 0.393. The second-order valence-corrected chi connectivity index (χ2v) is 4.96. The van der Waals surface area contributed by atoms with Crippen molar-refractivity contribution in [3.63, 3.8) is 0 Å². The largest absolute Gasteiger partial charge is 0.481 e. The summed E-state index contributed by atoms with van der Waals surface area (Å²) in [6.07, 6.45) is -1.31. The van der Waals surface area contributed by atoms with Crippen LogP contribution >= 0.6 is 0 Å². The number of likely N-dealkylation sites (N-methyl/N-ethyl adjacent to an activating group) is 1. The Morgan fingerprint density at radius 3 is 2.44 bits per heavy atom. The predicted octanol–water partition coefficient (Wildman–Crippen LogP) is -0.722. The van der Waals surface area contributed by atoms with Gasteiger partial charge in [0.2, 0.25) is 0 Å². The van der Waals surface area contributed by atoms with E-state index in [0.29, 0.717) is 11.0 Å². The molecule has 0 bridgehead atoms. The van der Waals surface area contributed by atoms with Crippen molar-refractivity contribution in [1.82, 2.24) is 0 Å². The summed E-state index contributed by atoms with van der Waals surface area (Å²) in [6.45, 7) is 0.300. The van der Waals surface area contributed by atoms with Crippen LogP contribution in [0.3, 0.4) is 0 Å². The van der Waals surface area contributed by atoms with Crippen LogP contribution in [-0.2, 0) is 19.1 Å². The van der Waals surface area contributed by atoms with Crippen molar-refractivity contribution in [1.29, 1.82) is 0 Å². The van der Waals surface area contributed by atoms with Crippen molar-refractivity contribution in [2.24, 2.45) is 5.92 Å². The van der Waals surface area contributed by atoms with Crippen molar-refractivity contribution in [3.05, 3.63) is 0 Å². The monoisotopic (exact) mass is 230 g/mol. The lowest BCUT2D eigenvalue weighted by atomic mass is 9.92. The first-order valence-corrected chi connectivity index (χ1v) is 4.96. The molecule has 2 unspecified atom stereocenters. The molecule has 6 nitrogen and oxygen atoms in total. The van der Waals surface area contributed by atoms with Gasteiger partial charge in [0, 0.05) is 0 Å². The number of ketones is 1. The number of carbonyl (C=O) groups is 3. The molecule has 0 saturated carbocycles. The van der Waals surface area contributed by atoms with Gasteiger partial charge in [-0.1, -0.05) is 0 Å². The molecule has 1 saturated heterocycles. The highest BCUT2D eigenvalue weighted by molar-refractivity contribution is 6.08. The van der Waals surface area contributed by atoms with E-state index in [1.54, 1.807) is 0 Å². The molecule has 0 amide bonds. The fourth-order valence-corrected chi connectivity index (χ4v) is 1.72. The molecule has 1 aliphatic rings. The number of carbonyl (C=O) groups excluding carboxylic acids is 2. The van der Waals surface area contributed by atoms with Crippen LogP contribution in [0, 0.1) is 5.92 Å². The van der Waals surface area contributed by atoms with Crippen LogP contribution in [0.25, 0.3) is 0 Å². The van der Waals surface area contributed by atoms with Crippen LogP contribution in [0.1, 0.15) is 6.42 Å². The fraction of sp³-hybridized carbons (Fsp3) is 0.700. The van der Waals surface area contributed by atoms with Gasteiger partial charge in [0.25, 0.3) is 0 Å². The van der Waals surface area contributed by atoms with Gasteiger partial charge in [-0.05, 0) is 0 Å². The van der Waals surface area contributed by atoms with Gasteiger partial charge in [0.05, 0.1) is 21.1 Å². The maximum atomic E-state index is 11.5. The number of carboxylic acids is 1. The van der Waals surface area contributed by atoms with Crippen molar-refractivity contribution in [2.75, 3.05) is 27.7 Å². The van der Waals surface area contributed by atoms with Crippen LogP contribution in [0.5, 0.6) is 0 Å². The number of esters is 1. The Morgan fingerprint density at radius 2 is 2.00 bits per heavy atom. The molecule has 1 N–H and O–H groups in total. The zero-order valence-corrected chi connectivity index (χ0v) is 9.60. The van der Waals surface area contributed by atoms with E-state index in [9.17, 15) is 14.4 Å². The number of cyclic esters (lactones) is 1. The molecule has 1 fully saturated rings. The SMILES string of the molecule is C[N+](C)(C)CC1OC(=O)CC(=O)C1C(=O)O. The highest BCUT2D eigenvalue weighted by atomic mass is 16.5. The molecule has 0 aromatic heterocycles. The Bertz CT molecular complexity index is 331. The standard InChI is InChI=1S/C10H15NO5/c1-11(2,3)5-7-9(10(14)15)6(12)4-8(13)16-7/h7,9H,4-5H2,1-3H3/p+1. The first kappa shape index (κ1) is 12.6. The van der Waals surface area contributed by atoms with E-state index in [2.05, 4.69) is 0 Å². The number of hydrogen-bond acceptors (Lipinski definition) is 4. The minimum Gasteiger partial charge on any atom is -0.481 e. The molecule has 1 heterocycles. The highest BCUT2D eigenvalue weighted by Gasteiger charge is 2.44. The van der Waals surface area contributed by atoms with Gasteiger partial charge in [-0.25, -0.2) is 0 Å². The molecule has 16 heavy (non-hydrogen) atoms. The minimum atomic E-state index is -1.23. The van der Waals surface area contributed by atoms with E-state index in [4.69, 9.17) is 9.84 Å². The zero-order chi connectivity index (χ0) is 12.5. The Morgan fingerprint density at radius 1 is 1.44 bits per heavy atom. The molecular formula is C10H16NO5+. The molecular weight excluding hydrogens is 214 g/mol. The molecule has 0 aromatic rings. The molecule has 0 spiro atoms. The van der Waals surface area contributed by atoms with Crippen LogP contribution < -0.4 is 0 Å². The number of nitrogens with zero attached hydrogens (tertiary/aromatic N) is 1. The predicted molar refractivity (Wildman–Crippen MR) is 53.5 cm³/mol. The number of Topliss-reactive ketones (excluding diaryl/α,β-unsaturated/α-hetero) is 1. The van der Waals surface area contributed by atoms with Crippen LogP contribution in [-0.4, -0.2) is 61.1 Å². The lowest BCUT2D eigenvalue weighted by Crippen LogP contribution is -2.52. The lowest BCUT2D eigenvalue weighted by Gasteiger charge is -2.33. The summed E-state index contributed by atoms with van der Waals surface area (Å²) in [7, 11) is 5.52. The molecule has 1 rings (SSSR count). The third kappa shape index (κ3) is 3.03. The molecule has 90 valence electrons. The molecule has 1 aliphatic heterocycles. The topological polar surface area (TPSA) is 80.7 Å². The van der Waals surface area contributed by atoms with Crippen LogP contribution in [0.15, 0.2) is 0 Å². The van der Waals surface area contributed by atoms with E-state index in [1.807, 2.05) is 21.1 Å². The van der Waals surface area contributed by atoms with E-state index in [-0.39, 0.29) is 0 Å². The van der Waals surface area contributed by atoms with E-state index in [0.717, 1.165) is 0 Å². The van der Waals surface area contributed by atoms with Gasteiger partial charge in [-0.15, -0.1) is 0 Å². The first-order chi connectivity index (χ1) is 7.20. The number of carboxylic acid groups (broad SMARTS) is 1. The van der Waals surface area contributed by atoms with Crippen molar-refractivity contribution >= 4 is 17.7 Å². The third-order valence-corrected chi connectivity index (χ3v) is 2.31. The molecule has 0 aromatic carbocycles. The number of ether oxygens (including phenoxy) is 1. The van der Waals surface area contributed by atoms with Gasteiger partial charge < -0.3 is 14.3 Å². The van der Waals surface area contributed by atoms with Crippen molar-refractivity contribution in [3.8, 4) is 0 Å². The minimum absolute atomic E-state index is 0.300. The Labute approximate surface area is 93.4 Å². The molecule has 0 radical (unpaired) electrons. The van der Waals surface area contributed by atoms with Gasteiger partial charge in [-0.3, -0.25) is 14.4 Å². The van der Waals surface area contributed by atoms with E-state index < -0.39 is 36.2 Å². The van der Waals surface area contributed by atoms with Crippen LogP contribution in [0.2, 0.25) is 0 Å². The average Bonchev–Trinajstić information content (AvgIpc) is 1.96. The smallest absolute Gasteiger partial charge is 0.318 e. The van der Waals surface area contributed by atoms with Gasteiger partial charge in [-0.2, -0.15) is 0 Å². The fourth-order valence-electron chi connectivity index (χ4n) is 1.72. The summed E-state index contributed by atoms with van der Waals surface area (Å²) < 4.78 is 5.38. The van der Waals surface area contributed by atoms with E-state index in [1.165, 1.54) is 0 Å². The highest BCUT2D eigenvalue weighted by Crippen LogP contribution is 2.20. The van der Waals surface area contributed by atoms with E-state index >= 15 is 0 Å². The van der Waals surface area contributed by atoms with Gasteiger partial charge >= 0.3 is 11.9 Å². The number of hydrogen-bond donors (Lipinski definition) is 1. The third-order valence-electron chi connectivity index (χ3n) is 2.31. The van der Waals surface area contributed by atoms with Crippen molar-refractivity contribution in [2.45, 2.75) is 12.5 Å². The Hall–Kier alpha value is -1.43. The average molecular weight is 230 g/mol. The number of rotatable bonds is 3. The molecule has 6 heteroatoms. The summed E-state index contributed by atoms with van der Waals surface area (Å²) in [4.78, 5) is 33.5. The summed E-state index contributed by atoms with van der Waals surface area (Å²) in [6, 6.07) is 0. The summed E-state index contributed by atoms with van der Waals surface area (Å²) >= 11 is 0. The molecule has 2 atom stereocenters. The summed E-state index contributed by atoms with van der Waals surface area (Å²) in [5.74, 6) is -3.66. The molecule has 0 aliphatic carbocycles. The second kappa shape index (κ2) is 4.21. The van der Waals surface area contributed by atoms with Crippen LogP contribution in [0.4, 0.5) is 0 Å². The Balaban J connectivity index is 2.88. The lowest BCUT2D eigenvalue weighted by molar-refractivity contribution is -0.873. The summed E-state index contributed by atoms with van der Waals surface area (Å²) in [5, 5.41) is 8.94. The zero-order valence-electron chi connectivity index (χ0n) is 9.60. The first-order valence-electron chi connectivity index (χ1n) is 4.96. The second-order valence-electron chi connectivity index (χ2n) is 4.96. The van der Waals surface area contributed by atoms with Gasteiger partial charge in [0.15, 0.2) is 17.8 Å².